The minimum absolute atomic E-state index is 0.0922. The molecule has 0 aliphatic heterocycles. The van der Waals surface area contributed by atoms with Crippen LogP contribution in [0.5, 0.6) is 0 Å². The van der Waals surface area contributed by atoms with E-state index in [0.717, 1.165) is 0 Å². The van der Waals surface area contributed by atoms with Crippen molar-refractivity contribution in [3.63, 3.8) is 0 Å². The summed E-state index contributed by atoms with van der Waals surface area (Å²) in [7, 11) is 0. The van der Waals surface area contributed by atoms with E-state index in [1.807, 2.05) is 0 Å². The molecule has 0 amide bonds. The van der Waals surface area contributed by atoms with Crippen molar-refractivity contribution >= 4 is 31.9 Å². The lowest BCUT2D eigenvalue weighted by molar-refractivity contribution is -0.174. The third-order valence-corrected chi connectivity index (χ3v) is 5.09. The van der Waals surface area contributed by atoms with E-state index in [-0.39, 0.29) is 18.8 Å². The zero-order chi connectivity index (χ0) is 15.2. The molecular formula is C13H14Br2F4O. The zero-order valence-electron chi connectivity index (χ0n) is 10.5. The summed E-state index contributed by atoms with van der Waals surface area (Å²) in [6.45, 7) is -1.38. The van der Waals surface area contributed by atoms with Crippen LogP contribution >= 0.6 is 31.9 Å². The minimum atomic E-state index is -4.34. The van der Waals surface area contributed by atoms with Crippen molar-refractivity contribution in [2.75, 3.05) is 23.9 Å². The summed E-state index contributed by atoms with van der Waals surface area (Å²) >= 11 is 6.64. The highest BCUT2D eigenvalue weighted by molar-refractivity contribution is 9.09. The van der Waals surface area contributed by atoms with E-state index in [9.17, 15) is 17.6 Å². The SMILES string of the molecule is Fc1ccccc1C(CBr)(CBr)CCOCC(F)(F)F. The Balaban J connectivity index is 2.75. The van der Waals surface area contributed by atoms with Crippen LogP contribution in [0.4, 0.5) is 17.6 Å². The molecule has 0 radical (unpaired) electrons. The van der Waals surface area contributed by atoms with Crippen LogP contribution in [0.3, 0.4) is 0 Å². The standard InChI is InChI=1S/C13H14Br2F4O/c14-7-12(8-15,5-6-20-9-13(17,18)19)10-3-1-2-4-11(10)16/h1-4H,5-9H2. The van der Waals surface area contributed by atoms with Crippen LogP contribution < -0.4 is 0 Å². The predicted molar refractivity (Wildman–Crippen MR) is 77.2 cm³/mol. The van der Waals surface area contributed by atoms with E-state index in [0.29, 0.717) is 16.2 Å². The topological polar surface area (TPSA) is 9.23 Å². The van der Waals surface area contributed by atoms with Crippen molar-refractivity contribution in [1.82, 2.24) is 0 Å². The van der Waals surface area contributed by atoms with Crippen molar-refractivity contribution < 1.29 is 22.3 Å². The van der Waals surface area contributed by atoms with Crippen LogP contribution in [0.1, 0.15) is 12.0 Å². The fourth-order valence-electron chi connectivity index (χ4n) is 1.79. The lowest BCUT2D eigenvalue weighted by Crippen LogP contribution is -2.33. The number of benzene rings is 1. The Kier molecular flexibility index (Phi) is 6.94. The molecule has 0 N–H and O–H groups in total. The number of alkyl halides is 5. The largest absolute Gasteiger partial charge is 0.411 e. The van der Waals surface area contributed by atoms with Gasteiger partial charge in [-0.05, 0) is 18.1 Å². The van der Waals surface area contributed by atoms with Crippen LogP contribution in [-0.2, 0) is 10.2 Å². The van der Waals surface area contributed by atoms with Gasteiger partial charge in [0.2, 0.25) is 0 Å². The Hall–Kier alpha value is -0.140. The molecule has 0 spiro atoms. The molecule has 0 aliphatic rings. The molecule has 0 saturated carbocycles. The molecule has 1 aromatic carbocycles. The van der Waals surface area contributed by atoms with Crippen molar-refractivity contribution in [2.45, 2.75) is 18.0 Å². The first kappa shape index (κ1) is 17.9. The van der Waals surface area contributed by atoms with Gasteiger partial charge in [0, 0.05) is 22.7 Å². The molecule has 1 aromatic rings. The fraction of sp³-hybridized carbons (Fsp3) is 0.538. The molecule has 0 heterocycles. The van der Waals surface area contributed by atoms with Crippen molar-refractivity contribution in [2.24, 2.45) is 0 Å². The van der Waals surface area contributed by atoms with Crippen LogP contribution in [0.2, 0.25) is 0 Å². The van der Waals surface area contributed by atoms with Gasteiger partial charge >= 0.3 is 6.18 Å². The summed E-state index contributed by atoms with van der Waals surface area (Å²) in [6.07, 6.45) is -4.07. The number of rotatable bonds is 7. The van der Waals surface area contributed by atoms with Crippen molar-refractivity contribution in [3.8, 4) is 0 Å². The summed E-state index contributed by atoms with van der Waals surface area (Å²) in [5, 5.41) is 0.836. The van der Waals surface area contributed by atoms with Gasteiger partial charge in [-0.25, -0.2) is 4.39 Å². The molecule has 0 saturated heterocycles. The molecule has 0 atom stereocenters. The maximum atomic E-state index is 13.9. The molecule has 114 valence electrons. The Morgan fingerprint density at radius 3 is 2.15 bits per heavy atom. The average Bonchev–Trinajstić information content (AvgIpc) is 2.40. The van der Waals surface area contributed by atoms with Crippen molar-refractivity contribution in [1.29, 1.82) is 0 Å². The van der Waals surface area contributed by atoms with E-state index >= 15 is 0 Å². The van der Waals surface area contributed by atoms with Gasteiger partial charge in [0.1, 0.15) is 12.4 Å². The zero-order valence-corrected chi connectivity index (χ0v) is 13.7. The first-order chi connectivity index (χ1) is 9.34. The van der Waals surface area contributed by atoms with Crippen LogP contribution in [0, 0.1) is 5.82 Å². The maximum Gasteiger partial charge on any atom is 0.411 e. The van der Waals surface area contributed by atoms with Crippen LogP contribution in [0.25, 0.3) is 0 Å². The van der Waals surface area contributed by atoms with Gasteiger partial charge in [0.25, 0.3) is 0 Å². The third kappa shape index (κ3) is 5.00. The first-order valence-corrected chi connectivity index (χ1v) is 8.10. The van der Waals surface area contributed by atoms with E-state index < -0.39 is 18.2 Å². The van der Waals surface area contributed by atoms with Gasteiger partial charge in [-0.1, -0.05) is 50.1 Å². The Labute approximate surface area is 131 Å². The van der Waals surface area contributed by atoms with Gasteiger partial charge in [0.15, 0.2) is 0 Å². The van der Waals surface area contributed by atoms with E-state index in [1.165, 1.54) is 6.07 Å². The van der Waals surface area contributed by atoms with Gasteiger partial charge in [-0.2, -0.15) is 13.2 Å². The highest BCUT2D eigenvalue weighted by Gasteiger charge is 2.33. The summed E-state index contributed by atoms with van der Waals surface area (Å²) < 4.78 is 54.6. The maximum absolute atomic E-state index is 13.9. The van der Waals surface area contributed by atoms with Crippen LogP contribution in [0.15, 0.2) is 24.3 Å². The highest BCUT2D eigenvalue weighted by Crippen LogP contribution is 2.34. The molecule has 0 aliphatic carbocycles. The number of hydrogen-bond acceptors (Lipinski definition) is 1. The van der Waals surface area contributed by atoms with Gasteiger partial charge < -0.3 is 4.74 Å². The normalized spacial score (nSPS) is 12.7. The number of hydrogen-bond donors (Lipinski definition) is 0. The molecule has 1 nitrogen and oxygen atoms in total. The van der Waals surface area contributed by atoms with Gasteiger partial charge in [0.05, 0.1) is 0 Å². The second kappa shape index (κ2) is 7.75. The molecule has 1 rings (SSSR count). The summed E-state index contributed by atoms with van der Waals surface area (Å²) in [6, 6.07) is 6.26. The second-order valence-electron chi connectivity index (χ2n) is 4.45. The highest BCUT2D eigenvalue weighted by atomic mass is 79.9. The predicted octanol–water partition coefficient (Wildman–Crippen LogP) is 4.82. The van der Waals surface area contributed by atoms with Gasteiger partial charge in [-0.15, -0.1) is 0 Å². The third-order valence-electron chi connectivity index (χ3n) is 2.95. The average molecular weight is 422 g/mol. The molecule has 20 heavy (non-hydrogen) atoms. The number of ether oxygens (including phenoxy) is 1. The quantitative estimate of drug-likeness (QED) is 0.348. The Morgan fingerprint density at radius 1 is 1.05 bits per heavy atom. The second-order valence-corrected chi connectivity index (χ2v) is 5.57. The molecule has 0 bridgehead atoms. The summed E-state index contributed by atoms with van der Waals surface area (Å²) in [5.41, 5.74) is -0.180. The summed E-state index contributed by atoms with van der Waals surface area (Å²) in [5.74, 6) is -0.373. The van der Waals surface area contributed by atoms with Gasteiger partial charge in [-0.3, -0.25) is 0 Å². The van der Waals surface area contributed by atoms with Crippen LogP contribution in [-0.4, -0.2) is 30.1 Å². The smallest absolute Gasteiger partial charge is 0.372 e. The molecule has 0 aromatic heterocycles. The molecule has 7 heteroatoms. The monoisotopic (exact) mass is 420 g/mol. The summed E-state index contributed by atoms with van der Waals surface area (Å²) in [4.78, 5) is 0. The van der Waals surface area contributed by atoms with Crippen molar-refractivity contribution in [3.05, 3.63) is 35.6 Å². The Morgan fingerprint density at radius 2 is 1.65 bits per heavy atom. The van der Waals surface area contributed by atoms with E-state index in [1.54, 1.807) is 18.2 Å². The molecular weight excluding hydrogens is 408 g/mol. The lowest BCUT2D eigenvalue weighted by Gasteiger charge is -2.31. The first-order valence-electron chi connectivity index (χ1n) is 5.86. The number of halogens is 6. The van der Waals surface area contributed by atoms with E-state index in [4.69, 9.17) is 0 Å². The molecule has 0 unspecified atom stereocenters. The molecule has 0 fully saturated rings. The minimum Gasteiger partial charge on any atom is -0.372 e. The lowest BCUT2D eigenvalue weighted by atomic mass is 9.81. The van der Waals surface area contributed by atoms with E-state index in [2.05, 4.69) is 36.6 Å². The fourth-order valence-corrected chi connectivity index (χ4v) is 3.89. The Bertz CT molecular complexity index is 419.